The third kappa shape index (κ3) is 3.44. The van der Waals surface area contributed by atoms with E-state index < -0.39 is 0 Å². The fourth-order valence-electron chi connectivity index (χ4n) is 1.91. The summed E-state index contributed by atoms with van der Waals surface area (Å²) in [6.45, 7) is 0.795. The molecule has 20 heavy (non-hydrogen) atoms. The molecule has 1 saturated carbocycles. The van der Waals surface area contributed by atoms with E-state index >= 15 is 0 Å². The van der Waals surface area contributed by atoms with E-state index in [1.54, 1.807) is 18.3 Å². The van der Waals surface area contributed by atoms with Crippen LogP contribution in [-0.4, -0.2) is 12.8 Å². The zero-order chi connectivity index (χ0) is 13.8. The van der Waals surface area contributed by atoms with Crippen molar-refractivity contribution in [1.82, 2.24) is 0 Å². The number of benzene rings is 2. The first kappa shape index (κ1) is 12.9. The van der Waals surface area contributed by atoms with Crippen LogP contribution in [0, 0.1) is 11.7 Å². The van der Waals surface area contributed by atoms with Gasteiger partial charge >= 0.3 is 0 Å². The second-order valence-corrected chi connectivity index (χ2v) is 5.04. The molecular formula is C17H16FNO. The van der Waals surface area contributed by atoms with Gasteiger partial charge in [-0.1, -0.05) is 18.2 Å². The van der Waals surface area contributed by atoms with Crippen molar-refractivity contribution in [2.45, 2.75) is 12.8 Å². The van der Waals surface area contributed by atoms with Crippen LogP contribution in [0.2, 0.25) is 0 Å². The minimum absolute atomic E-state index is 0.273. The highest BCUT2D eigenvalue weighted by Crippen LogP contribution is 2.29. The lowest BCUT2D eigenvalue weighted by Gasteiger charge is -2.06. The van der Waals surface area contributed by atoms with Crippen molar-refractivity contribution in [2.24, 2.45) is 10.9 Å². The molecule has 1 aliphatic rings. The van der Waals surface area contributed by atoms with Gasteiger partial charge in [0.2, 0.25) is 0 Å². The smallest absolute Gasteiger partial charge is 0.132 e. The molecule has 1 fully saturated rings. The van der Waals surface area contributed by atoms with Crippen LogP contribution in [0.4, 0.5) is 4.39 Å². The summed E-state index contributed by atoms with van der Waals surface area (Å²) in [6, 6.07) is 14.2. The Morgan fingerprint density at radius 1 is 1.10 bits per heavy atom. The highest BCUT2D eigenvalue weighted by atomic mass is 19.1. The number of rotatable bonds is 5. The van der Waals surface area contributed by atoms with Gasteiger partial charge in [-0.3, -0.25) is 4.99 Å². The van der Waals surface area contributed by atoms with E-state index in [1.807, 2.05) is 30.3 Å². The lowest BCUT2D eigenvalue weighted by Crippen LogP contribution is -1.92. The summed E-state index contributed by atoms with van der Waals surface area (Å²) in [6.07, 6.45) is 4.10. The van der Waals surface area contributed by atoms with Crippen molar-refractivity contribution in [1.29, 1.82) is 0 Å². The molecule has 0 N–H and O–H groups in total. The van der Waals surface area contributed by atoms with Gasteiger partial charge in [0.05, 0.1) is 0 Å². The number of hydrogen-bond donors (Lipinski definition) is 0. The maximum absolute atomic E-state index is 13.7. The largest absolute Gasteiger partial charge is 0.457 e. The fraction of sp³-hybridized carbons (Fsp3) is 0.235. The van der Waals surface area contributed by atoms with E-state index in [2.05, 4.69) is 4.99 Å². The summed E-state index contributed by atoms with van der Waals surface area (Å²) in [7, 11) is 0. The van der Waals surface area contributed by atoms with E-state index in [0.717, 1.165) is 12.3 Å². The Labute approximate surface area is 117 Å². The Balaban J connectivity index is 1.73. The normalized spacial score (nSPS) is 14.7. The number of para-hydroxylation sites is 1. The molecule has 102 valence electrons. The van der Waals surface area contributed by atoms with Crippen LogP contribution in [0.15, 0.2) is 53.5 Å². The number of ether oxygens (including phenoxy) is 1. The molecule has 0 heterocycles. The van der Waals surface area contributed by atoms with Crippen molar-refractivity contribution in [3.8, 4) is 11.5 Å². The Bertz CT molecular complexity index is 606. The predicted octanol–water partition coefficient (Wildman–Crippen LogP) is 4.45. The molecule has 1 aliphatic carbocycles. The van der Waals surface area contributed by atoms with Gasteiger partial charge in [0.25, 0.3) is 0 Å². The highest BCUT2D eigenvalue weighted by Gasteiger charge is 2.19. The fourth-order valence-corrected chi connectivity index (χ4v) is 1.91. The minimum Gasteiger partial charge on any atom is -0.457 e. The highest BCUT2D eigenvalue weighted by molar-refractivity contribution is 5.80. The standard InChI is InChI=1S/C17H16FNO/c18-17-9-8-16(20-15-4-2-1-3-5-15)10-14(17)12-19-11-13-6-7-13/h1-5,8-10,12-13H,6-7,11H2/b19-12+. The molecule has 0 radical (unpaired) electrons. The average molecular weight is 269 g/mol. The van der Waals surface area contributed by atoms with Crippen LogP contribution in [0.3, 0.4) is 0 Å². The molecule has 0 unspecified atom stereocenters. The van der Waals surface area contributed by atoms with Crippen molar-refractivity contribution in [3.63, 3.8) is 0 Å². The summed E-state index contributed by atoms with van der Waals surface area (Å²) in [5, 5.41) is 0. The Morgan fingerprint density at radius 2 is 1.90 bits per heavy atom. The number of aliphatic imine (C=N–C) groups is 1. The number of hydrogen-bond acceptors (Lipinski definition) is 2. The molecule has 0 bridgehead atoms. The van der Waals surface area contributed by atoms with Gasteiger partial charge in [-0.2, -0.15) is 0 Å². The summed E-state index contributed by atoms with van der Waals surface area (Å²) >= 11 is 0. The lowest BCUT2D eigenvalue weighted by molar-refractivity contribution is 0.480. The van der Waals surface area contributed by atoms with Gasteiger partial charge < -0.3 is 4.74 Å². The molecule has 3 heteroatoms. The van der Waals surface area contributed by atoms with Crippen molar-refractivity contribution in [2.75, 3.05) is 6.54 Å². The van der Waals surface area contributed by atoms with E-state index in [-0.39, 0.29) is 5.82 Å². The molecule has 3 rings (SSSR count). The van der Waals surface area contributed by atoms with Crippen LogP contribution >= 0.6 is 0 Å². The third-order valence-corrected chi connectivity index (χ3v) is 3.24. The van der Waals surface area contributed by atoms with Crippen molar-refractivity contribution < 1.29 is 9.13 Å². The van der Waals surface area contributed by atoms with Crippen LogP contribution in [0.5, 0.6) is 11.5 Å². The van der Waals surface area contributed by atoms with E-state index in [9.17, 15) is 4.39 Å². The Kier molecular flexibility index (Phi) is 3.77. The first-order valence-corrected chi connectivity index (χ1v) is 6.83. The summed E-state index contributed by atoms with van der Waals surface area (Å²) in [5.41, 5.74) is 0.471. The van der Waals surface area contributed by atoms with Gasteiger partial charge in [-0.05, 0) is 49.1 Å². The third-order valence-electron chi connectivity index (χ3n) is 3.24. The SMILES string of the molecule is Fc1ccc(Oc2ccccc2)cc1/C=N/CC1CC1. The van der Waals surface area contributed by atoms with Gasteiger partial charge in [0, 0.05) is 18.3 Å². The molecule has 0 saturated heterocycles. The summed E-state index contributed by atoms with van der Waals surface area (Å²) in [4.78, 5) is 4.29. The monoisotopic (exact) mass is 269 g/mol. The van der Waals surface area contributed by atoms with E-state index in [1.165, 1.54) is 18.9 Å². The topological polar surface area (TPSA) is 21.6 Å². The second kappa shape index (κ2) is 5.87. The predicted molar refractivity (Wildman–Crippen MR) is 78.1 cm³/mol. The van der Waals surface area contributed by atoms with Crippen LogP contribution < -0.4 is 4.74 Å². The molecular weight excluding hydrogens is 253 g/mol. The van der Waals surface area contributed by atoms with Crippen LogP contribution in [0.25, 0.3) is 0 Å². The quantitative estimate of drug-likeness (QED) is 0.735. The molecule has 0 atom stereocenters. The number of halogens is 1. The Hall–Kier alpha value is -2.16. The molecule has 0 aromatic heterocycles. The van der Waals surface area contributed by atoms with Gasteiger partial charge in [0.1, 0.15) is 17.3 Å². The van der Waals surface area contributed by atoms with Gasteiger partial charge in [-0.15, -0.1) is 0 Å². The minimum atomic E-state index is -0.273. The summed E-state index contributed by atoms with van der Waals surface area (Å²) < 4.78 is 19.4. The van der Waals surface area contributed by atoms with Crippen molar-refractivity contribution in [3.05, 3.63) is 59.9 Å². The van der Waals surface area contributed by atoms with Crippen LogP contribution in [-0.2, 0) is 0 Å². The molecule has 2 nitrogen and oxygen atoms in total. The first-order chi connectivity index (χ1) is 9.81. The zero-order valence-electron chi connectivity index (χ0n) is 11.1. The molecule has 0 spiro atoms. The van der Waals surface area contributed by atoms with Crippen molar-refractivity contribution >= 4 is 6.21 Å². The maximum Gasteiger partial charge on any atom is 0.132 e. The first-order valence-electron chi connectivity index (χ1n) is 6.83. The van der Waals surface area contributed by atoms with Crippen LogP contribution in [0.1, 0.15) is 18.4 Å². The van der Waals surface area contributed by atoms with E-state index in [4.69, 9.17) is 4.74 Å². The maximum atomic E-state index is 13.7. The van der Waals surface area contributed by atoms with E-state index in [0.29, 0.717) is 17.2 Å². The molecule has 2 aromatic rings. The molecule has 2 aromatic carbocycles. The average Bonchev–Trinajstić information content (AvgIpc) is 3.28. The molecule has 0 amide bonds. The summed E-state index contributed by atoms with van der Waals surface area (Å²) in [5.74, 6) is 1.79. The van der Waals surface area contributed by atoms with Gasteiger partial charge in [-0.25, -0.2) is 4.39 Å². The zero-order valence-corrected chi connectivity index (χ0v) is 11.1. The van der Waals surface area contributed by atoms with Gasteiger partial charge in [0.15, 0.2) is 0 Å². The molecule has 0 aliphatic heterocycles. The second-order valence-electron chi connectivity index (χ2n) is 5.04. The Morgan fingerprint density at radius 3 is 2.65 bits per heavy atom. The lowest BCUT2D eigenvalue weighted by atomic mass is 10.2. The number of nitrogens with zero attached hydrogens (tertiary/aromatic N) is 1.